The van der Waals surface area contributed by atoms with Gasteiger partial charge in [0.1, 0.15) is 18.0 Å². The molecular weight excluding hydrogens is 290 g/mol. The highest BCUT2D eigenvalue weighted by atomic mass is 16.5. The maximum Gasteiger partial charge on any atom is 0.134 e. The lowest BCUT2D eigenvalue weighted by atomic mass is 10.1. The van der Waals surface area contributed by atoms with Gasteiger partial charge in [0.05, 0.1) is 13.2 Å². The second-order valence-electron chi connectivity index (χ2n) is 6.85. The summed E-state index contributed by atoms with van der Waals surface area (Å²) in [5.41, 5.74) is 0. The lowest BCUT2D eigenvalue weighted by Crippen LogP contribution is -2.47. The number of morpholine rings is 1. The first kappa shape index (κ1) is 16.5. The molecule has 3 heterocycles. The van der Waals surface area contributed by atoms with E-state index in [0.29, 0.717) is 0 Å². The smallest absolute Gasteiger partial charge is 0.134 e. The summed E-state index contributed by atoms with van der Waals surface area (Å²) in [5.74, 6) is 2.87. The monoisotopic (exact) mass is 319 g/mol. The largest absolute Gasteiger partial charge is 0.378 e. The van der Waals surface area contributed by atoms with Crippen molar-refractivity contribution in [2.75, 3.05) is 68.8 Å². The van der Waals surface area contributed by atoms with Crippen LogP contribution in [-0.4, -0.2) is 73.9 Å². The van der Waals surface area contributed by atoms with E-state index in [2.05, 4.69) is 44.6 Å². The molecular formula is C17H29N5O. The molecule has 0 aromatic carbocycles. The third-order valence-corrected chi connectivity index (χ3v) is 4.69. The first-order valence-electron chi connectivity index (χ1n) is 8.84. The SMILES string of the molecule is CC(C)CCN1CCN(c2cc(N3CCOCC3)ncn2)CC1. The molecule has 0 N–H and O–H groups in total. The third-order valence-electron chi connectivity index (χ3n) is 4.69. The van der Waals surface area contributed by atoms with Crippen LogP contribution in [0, 0.1) is 5.92 Å². The molecule has 0 aliphatic carbocycles. The predicted octanol–water partition coefficient (Wildman–Crippen LogP) is 1.48. The van der Waals surface area contributed by atoms with Gasteiger partial charge < -0.3 is 14.5 Å². The first-order valence-corrected chi connectivity index (χ1v) is 8.84. The molecule has 0 atom stereocenters. The number of hydrogen-bond acceptors (Lipinski definition) is 6. The van der Waals surface area contributed by atoms with Gasteiger partial charge in [-0.1, -0.05) is 13.8 Å². The van der Waals surface area contributed by atoms with Gasteiger partial charge in [-0.05, 0) is 18.9 Å². The van der Waals surface area contributed by atoms with Crippen molar-refractivity contribution in [1.82, 2.24) is 14.9 Å². The molecule has 2 saturated heterocycles. The number of hydrogen-bond donors (Lipinski definition) is 0. The van der Waals surface area contributed by atoms with Crippen molar-refractivity contribution in [3.05, 3.63) is 12.4 Å². The van der Waals surface area contributed by atoms with Crippen LogP contribution >= 0.6 is 0 Å². The van der Waals surface area contributed by atoms with E-state index < -0.39 is 0 Å². The minimum Gasteiger partial charge on any atom is -0.378 e. The Labute approximate surface area is 139 Å². The summed E-state index contributed by atoms with van der Waals surface area (Å²) in [5, 5.41) is 0. The molecule has 6 heteroatoms. The van der Waals surface area contributed by atoms with Crippen molar-refractivity contribution in [2.45, 2.75) is 20.3 Å². The van der Waals surface area contributed by atoms with E-state index in [1.807, 2.05) is 0 Å². The Morgan fingerprint density at radius 1 is 0.957 bits per heavy atom. The lowest BCUT2D eigenvalue weighted by molar-refractivity contribution is 0.122. The van der Waals surface area contributed by atoms with Crippen LogP contribution in [0.2, 0.25) is 0 Å². The van der Waals surface area contributed by atoms with Gasteiger partial charge in [0.2, 0.25) is 0 Å². The van der Waals surface area contributed by atoms with Crippen LogP contribution in [0.15, 0.2) is 12.4 Å². The Morgan fingerprint density at radius 2 is 1.57 bits per heavy atom. The average Bonchev–Trinajstić information content (AvgIpc) is 2.61. The van der Waals surface area contributed by atoms with Crippen LogP contribution in [-0.2, 0) is 4.74 Å². The van der Waals surface area contributed by atoms with Gasteiger partial charge in [0.15, 0.2) is 0 Å². The number of aromatic nitrogens is 2. The molecule has 0 bridgehead atoms. The third kappa shape index (κ3) is 4.54. The molecule has 128 valence electrons. The van der Waals surface area contributed by atoms with Crippen LogP contribution in [0.3, 0.4) is 0 Å². The van der Waals surface area contributed by atoms with Gasteiger partial charge in [-0.15, -0.1) is 0 Å². The van der Waals surface area contributed by atoms with Crippen LogP contribution in [0.25, 0.3) is 0 Å². The Bertz CT molecular complexity index is 482. The summed E-state index contributed by atoms with van der Waals surface area (Å²) in [4.78, 5) is 16.2. The maximum atomic E-state index is 5.42. The van der Waals surface area contributed by atoms with Crippen LogP contribution in [0.1, 0.15) is 20.3 Å². The summed E-state index contributed by atoms with van der Waals surface area (Å²) in [6.07, 6.45) is 2.99. The van der Waals surface area contributed by atoms with Crippen molar-refractivity contribution in [3.8, 4) is 0 Å². The molecule has 0 amide bonds. The van der Waals surface area contributed by atoms with Crippen LogP contribution in [0.5, 0.6) is 0 Å². The van der Waals surface area contributed by atoms with Gasteiger partial charge in [-0.2, -0.15) is 0 Å². The molecule has 2 aliphatic heterocycles. The second kappa shape index (κ2) is 7.93. The standard InChI is InChI=1S/C17H29N5O/c1-15(2)3-4-20-5-7-21(8-6-20)16-13-17(19-14-18-16)22-9-11-23-12-10-22/h13-15H,3-12H2,1-2H3. The molecule has 0 unspecified atom stereocenters. The van der Waals surface area contributed by atoms with E-state index in [0.717, 1.165) is 70.0 Å². The summed E-state index contributed by atoms with van der Waals surface area (Å²) in [6, 6.07) is 2.13. The normalized spacial score (nSPS) is 20.3. The molecule has 6 nitrogen and oxygen atoms in total. The van der Waals surface area contributed by atoms with E-state index in [1.165, 1.54) is 13.0 Å². The Hall–Kier alpha value is -1.40. The number of rotatable bonds is 5. The zero-order valence-corrected chi connectivity index (χ0v) is 14.4. The zero-order valence-electron chi connectivity index (χ0n) is 14.4. The van der Waals surface area contributed by atoms with E-state index in [1.54, 1.807) is 6.33 Å². The average molecular weight is 319 g/mol. The van der Waals surface area contributed by atoms with Crippen LogP contribution in [0.4, 0.5) is 11.6 Å². The highest BCUT2D eigenvalue weighted by Crippen LogP contribution is 2.20. The Kier molecular flexibility index (Phi) is 5.67. The fourth-order valence-corrected chi connectivity index (χ4v) is 3.12. The maximum absolute atomic E-state index is 5.42. The minimum absolute atomic E-state index is 0.783. The molecule has 0 spiro atoms. The molecule has 2 fully saturated rings. The first-order chi connectivity index (χ1) is 11.2. The van der Waals surface area contributed by atoms with Gasteiger partial charge >= 0.3 is 0 Å². The fraction of sp³-hybridized carbons (Fsp3) is 0.765. The zero-order chi connectivity index (χ0) is 16.1. The number of nitrogens with zero attached hydrogens (tertiary/aromatic N) is 5. The Morgan fingerprint density at radius 3 is 2.17 bits per heavy atom. The van der Waals surface area contributed by atoms with Crippen molar-refractivity contribution in [1.29, 1.82) is 0 Å². The van der Waals surface area contributed by atoms with Crippen molar-refractivity contribution >= 4 is 11.6 Å². The highest BCUT2D eigenvalue weighted by molar-refractivity contribution is 5.50. The van der Waals surface area contributed by atoms with Gasteiger partial charge in [-0.25, -0.2) is 9.97 Å². The molecule has 2 aliphatic rings. The number of anilines is 2. The van der Waals surface area contributed by atoms with Gasteiger partial charge in [0, 0.05) is 45.3 Å². The summed E-state index contributed by atoms with van der Waals surface area (Å²) in [6.45, 7) is 13.6. The topological polar surface area (TPSA) is 44.7 Å². The Balaban J connectivity index is 1.55. The molecule has 0 radical (unpaired) electrons. The summed E-state index contributed by atoms with van der Waals surface area (Å²) >= 11 is 0. The van der Waals surface area contributed by atoms with E-state index in [9.17, 15) is 0 Å². The molecule has 1 aromatic rings. The number of ether oxygens (including phenoxy) is 1. The second-order valence-corrected chi connectivity index (χ2v) is 6.85. The molecule has 1 aromatic heterocycles. The van der Waals surface area contributed by atoms with E-state index in [4.69, 9.17) is 4.74 Å². The van der Waals surface area contributed by atoms with Crippen molar-refractivity contribution < 1.29 is 4.74 Å². The molecule has 0 saturated carbocycles. The quantitative estimate of drug-likeness (QED) is 0.819. The number of piperazine rings is 1. The van der Waals surface area contributed by atoms with E-state index >= 15 is 0 Å². The van der Waals surface area contributed by atoms with Crippen LogP contribution < -0.4 is 9.80 Å². The predicted molar refractivity (Wildman–Crippen MR) is 93.2 cm³/mol. The summed E-state index contributed by atoms with van der Waals surface area (Å²) in [7, 11) is 0. The van der Waals surface area contributed by atoms with Crippen molar-refractivity contribution in [2.24, 2.45) is 5.92 Å². The summed E-state index contributed by atoms with van der Waals surface area (Å²) < 4.78 is 5.42. The highest BCUT2D eigenvalue weighted by Gasteiger charge is 2.20. The lowest BCUT2D eigenvalue weighted by Gasteiger charge is -2.36. The van der Waals surface area contributed by atoms with Gasteiger partial charge in [-0.3, -0.25) is 4.90 Å². The van der Waals surface area contributed by atoms with Crippen molar-refractivity contribution in [3.63, 3.8) is 0 Å². The minimum atomic E-state index is 0.783. The molecule has 23 heavy (non-hydrogen) atoms. The fourth-order valence-electron chi connectivity index (χ4n) is 3.12. The van der Waals surface area contributed by atoms with E-state index in [-0.39, 0.29) is 0 Å². The van der Waals surface area contributed by atoms with Gasteiger partial charge in [0.25, 0.3) is 0 Å². The molecule has 3 rings (SSSR count).